The van der Waals surface area contributed by atoms with E-state index in [-0.39, 0.29) is 17.4 Å². The maximum atomic E-state index is 12.0. The molecule has 1 aliphatic carbocycles. The summed E-state index contributed by atoms with van der Waals surface area (Å²) in [5.74, 6) is 0.0928. The zero-order valence-corrected chi connectivity index (χ0v) is 12.7. The Labute approximate surface area is 115 Å². The summed E-state index contributed by atoms with van der Waals surface area (Å²) in [7, 11) is 1.39. The minimum Gasteiger partial charge on any atom is -0.469 e. The van der Waals surface area contributed by atoms with E-state index in [0.29, 0.717) is 18.8 Å². The first-order valence-electron chi connectivity index (χ1n) is 6.94. The zero-order chi connectivity index (χ0) is 14.7. The number of ether oxygens (including phenoxy) is 2. The van der Waals surface area contributed by atoms with Crippen LogP contribution < -0.4 is 0 Å². The molecule has 0 aromatic rings. The summed E-state index contributed by atoms with van der Waals surface area (Å²) in [6.07, 6.45) is 3.46. The molecule has 0 aliphatic heterocycles. The third-order valence-electron chi connectivity index (χ3n) is 3.64. The number of rotatable bonds is 4. The highest BCUT2D eigenvalue weighted by atomic mass is 16.6. The second-order valence-corrected chi connectivity index (χ2v) is 6.86. The maximum absolute atomic E-state index is 12.0. The number of carbonyl (C=O) groups excluding carboxylic acids is 2. The SMILES string of the molecule is COC(=O)C[C@]1(CC(=O)OC(C)(C)C)CC[C@@H](C)C1. The van der Waals surface area contributed by atoms with Crippen molar-refractivity contribution in [2.75, 3.05) is 7.11 Å². The number of carbonyl (C=O) groups is 2. The van der Waals surface area contributed by atoms with E-state index >= 15 is 0 Å². The highest BCUT2D eigenvalue weighted by Gasteiger charge is 2.42. The molecule has 4 heteroatoms. The molecule has 0 spiro atoms. The molecule has 1 saturated carbocycles. The lowest BCUT2D eigenvalue weighted by molar-refractivity contribution is -0.158. The van der Waals surface area contributed by atoms with Gasteiger partial charge in [-0.15, -0.1) is 0 Å². The molecule has 0 amide bonds. The molecule has 0 N–H and O–H groups in total. The lowest BCUT2D eigenvalue weighted by atomic mass is 9.79. The normalized spacial score (nSPS) is 27.1. The fourth-order valence-electron chi connectivity index (χ4n) is 2.94. The van der Waals surface area contributed by atoms with Gasteiger partial charge in [0.05, 0.1) is 20.0 Å². The summed E-state index contributed by atoms with van der Waals surface area (Å²) in [5, 5.41) is 0. The van der Waals surface area contributed by atoms with Crippen molar-refractivity contribution in [3.05, 3.63) is 0 Å². The first kappa shape index (κ1) is 16.0. The van der Waals surface area contributed by atoms with Gasteiger partial charge in [-0.25, -0.2) is 0 Å². The topological polar surface area (TPSA) is 52.6 Å². The van der Waals surface area contributed by atoms with E-state index in [4.69, 9.17) is 9.47 Å². The van der Waals surface area contributed by atoms with E-state index < -0.39 is 5.60 Å². The fourth-order valence-corrected chi connectivity index (χ4v) is 2.94. The van der Waals surface area contributed by atoms with Crippen molar-refractivity contribution < 1.29 is 19.1 Å². The third-order valence-corrected chi connectivity index (χ3v) is 3.64. The molecule has 0 aromatic carbocycles. The van der Waals surface area contributed by atoms with Crippen LogP contribution in [-0.2, 0) is 19.1 Å². The van der Waals surface area contributed by atoms with Crippen LogP contribution in [0.15, 0.2) is 0 Å². The van der Waals surface area contributed by atoms with Crippen molar-refractivity contribution in [2.24, 2.45) is 11.3 Å². The Morgan fingerprint density at radius 2 is 1.79 bits per heavy atom. The van der Waals surface area contributed by atoms with E-state index in [1.807, 2.05) is 20.8 Å². The van der Waals surface area contributed by atoms with Crippen molar-refractivity contribution in [3.63, 3.8) is 0 Å². The van der Waals surface area contributed by atoms with Gasteiger partial charge >= 0.3 is 11.9 Å². The number of esters is 2. The van der Waals surface area contributed by atoms with Gasteiger partial charge in [-0.3, -0.25) is 9.59 Å². The number of hydrogen-bond acceptors (Lipinski definition) is 4. The van der Waals surface area contributed by atoms with Crippen LogP contribution in [0.1, 0.15) is 59.8 Å². The van der Waals surface area contributed by atoms with Gasteiger partial charge in [0.15, 0.2) is 0 Å². The van der Waals surface area contributed by atoms with E-state index in [1.165, 1.54) is 7.11 Å². The molecule has 0 heterocycles. The lowest BCUT2D eigenvalue weighted by Crippen LogP contribution is -2.31. The highest BCUT2D eigenvalue weighted by molar-refractivity contribution is 5.74. The van der Waals surface area contributed by atoms with Crippen molar-refractivity contribution in [1.29, 1.82) is 0 Å². The maximum Gasteiger partial charge on any atom is 0.306 e. The van der Waals surface area contributed by atoms with Crippen molar-refractivity contribution in [3.8, 4) is 0 Å². The molecular formula is C15H26O4. The molecule has 0 bridgehead atoms. The average molecular weight is 270 g/mol. The Morgan fingerprint density at radius 1 is 1.21 bits per heavy atom. The molecule has 0 radical (unpaired) electrons. The van der Waals surface area contributed by atoms with Crippen LogP contribution in [0, 0.1) is 11.3 Å². The summed E-state index contributed by atoms with van der Waals surface area (Å²) >= 11 is 0. The Balaban J connectivity index is 2.70. The predicted octanol–water partition coefficient (Wildman–Crippen LogP) is 3.09. The molecular weight excluding hydrogens is 244 g/mol. The lowest BCUT2D eigenvalue weighted by Gasteiger charge is -2.29. The smallest absolute Gasteiger partial charge is 0.306 e. The Morgan fingerprint density at radius 3 is 2.21 bits per heavy atom. The van der Waals surface area contributed by atoms with Crippen LogP contribution in [0.3, 0.4) is 0 Å². The Hall–Kier alpha value is -1.06. The summed E-state index contributed by atoms with van der Waals surface area (Å²) < 4.78 is 10.1. The minimum absolute atomic E-state index is 0.217. The fraction of sp³-hybridized carbons (Fsp3) is 0.867. The van der Waals surface area contributed by atoms with Gasteiger partial charge < -0.3 is 9.47 Å². The van der Waals surface area contributed by atoms with Gasteiger partial charge in [-0.05, 0) is 44.9 Å². The standard InChI is InChI=1S/C15H26O4/c1-11-6-7-15(8-11,9-12(16)18-5)10-13(17)19-14(2,3)4/h11H,6-10H2,1-5H3/t11-,15+/m1/s1. The Kier molecular flexibility index (Phi) is 4.99. The van der Waals surface area contributed by atoms with Crippen LogP contribution in [-0.4, -0.2) is 24.6 Å². The summed E-state index contributed by atoms with van der Waals surface area (Å²) in [4.78, 5) is 23.6. The van der Waals surface area contributed by atoms with Gasteiger partial charge in [-0.1, -0.05) is 13.3 Å². The van der Waals surface area contributed by atoms with Crippen LogP contribution in [0.2, 0.25) is 0 Å². The quantitative estimate of drug-likeness (QED) is 0.737. The van der Waals surface area contributed by atoms with Crippen LogP contribution >= 0.6 is 0 Å². The second kappa shape index (κ2) is 5.93. The first-order chi connectivity index (χ1) is 8.66. The summed E-state index contributed by atoms with van der Waals surface area (Å²) in [6.45, 7) is 7.73. The number of hydrogen-bond donors (Lipinski definition) is 0. The van der Waals surface area contributed by atoms with Crippen LogP contribution in [0.4, 0.5) is 0 Å². The van der Waals surface area contributed by atoms with Crippen LogP contribution in [0.25, 0.3) is 0 Å². The largest absolute Gasteiger partial charge is 0.469 e. The van der Waals surface area contributed by atoms with Gasteiger partial charge in [0, 0.05) is 0 Å². The van der Waals surface area contributed by atoms with E-state index in [9.17, 15) is 9.59 Å². The minimum atomic E-state index is -0.478. The second-order valence-electron chi connectivity index (χ2n) is 6.86. The van der Waals surface area contributed by atoms with Crippen molar-refractivity contribution in [2.45, 2.75) is 65.4 Å². The van der Waals surface area contributed by atoms with Crippen molar-refractivity contribution in [1.82, 2.24) is 0 Å². The van der Waals surface area contributed by atoms with Gasteiger partial charge in [0.25, 0.3) is 0 Å². The predicted molar refractivity (Wildman–Crippen MR) is 72.5 cm³/mol. The van der Waals surface area contributed by atoms with Gasteiger partial charge in [0.1, 0.15) is 5.60 Å². The first-order valence-corrected chi connectivity index (χ1v) is 6.94. The average Bonchev–Trinajstić information content (AvgIpc) is 2.56. The van der Waals surface area contributed by atoms with E-state index in [1.54, 1.807) is 0 Å². The molecule has 1 fully saturated rings. The molecule has 19 heavy (non-hydrogen) atoms. The summed E-state index contributed by atoms with van der Waals surface area (Å²) in [5.41, 5.74) is -0.747. The van der Waals surface area contributed by atoms with Crippen LogP contribution in [0.5, 0.6) is 0 Å². The zero-order valence-electron chi connectivity index (χ0n) is 12.7. The van der Waals surface area contributed by atoms with E-state index in [0.717, 1.165) is 19.3 Å². The Bertz CT molecular complexity index is 343. The molecule has 1 rings (SSSR count). The highest BCUT2D eigenvalue weighted by Crippen LogP contribution is 2.47. The van der Waals surface area contributed by atoms with Crippen molar-refractivity contribution >= 4 is 11.9 Å². The van der Waals surface area contributed by atoms with E-state index in [2.05, 4.69) is 6.92 Å². The molecule has 2 atom stereocenters. The monoisotopic (exact) mass is 270 g/mol. The molecule has 0 saturated heterocycles. The number of methoxy groups -OCH3 is 1. The van der Waals surface area contributed by atoms with Gasteiger partial charge in [-0.2, -0.15) is 0 Å². The van der Waals surface area contributed by atoms with Gasteiger partial charge in [0.2, 0.25) is 0 Å². The summed E-state index contributed by atoms with van der Waals surface area (Å²) in [6, 6.07) is 0. The third kappa shape index (κ3) is 5.21. The molecule has 110 valence electrons. The molecule has 0 aromatic heterocycles. The molecule has 4 nitrogen and oxygen atoms in total. The molecule has 1 aliphatic rings. The molecule has 0 unspecified atom stereocenters.